The minimum atomic E-state index is -2.90. The highest BCUT2D eigenvalue weighted by Crippen LogP contribution is 2.17. The third kappa shape index (κ3) is 3.71. The second kappa shape index (κ2) is 5.80. The molecule has 0 aliphatic carbocycles. The lowest BCUT2D eigenvalue weighted by Gasteiger charge is -2.23. The molecule has 1 unspecified atom stereocenters. The predicted octanol–water partition coefficient (Wildman–Crippen LogP) is 0.840. The van der Waals surface area contributed by atoms with Crippen molar-refractivity contribution in [2.45, 2.75) is 12.5 Å². The Balaban J connectivity index is 1.87. The van der Waals surface area contributed by atoms with E-state index in [1.165, 1.54) is 12.1 Å². The lowest BCUT2D eigenvalue weighted by Crippen LogP contribution is -2.35. The summed E-state index contributed by atoms with van der Waals surface area (Å²) in [5, 5.41) is 8.78. The van der Waals surface area contributed by atoms with Crippen LogP contribution in [0.2, 0.25) is 0 Å². The van der Waals surface area contributed by atoms with Gasteiger partial charge in [0.15, 0.2) is 9.84 Å². The molecule has 1 aliphatic rings. The summed E-state index contributed by atoms with van der Waals surface area (Å²) in [7, 11) is -1.08. The Kier molecular flexibility index (Phi) is 4.29. The number of sulfone groups is 1. The number of benzene rings is 1. The fourth-order valence-corrected chi connectivity index (χ4v) is 3.90. The van der Waals surface area contributed by atoms with Gasteiger partial charge in [0, 0.05) is 6.04 Å². The zero-order valence-corrected chi connectivity index (χ0v) is 12.0. The first-order chi connectivity index (χ1) is 9.37. The first kappa shape index (κ1) is 14.8. The van der Waals surface area contributed by atoms with E-state index in [1.54, 1.807) is 12.1 Å². The van der Waals surface area contributed by atoms with Gasteiger partial charge in [0.25, 0.3) is 0 Å². The van der Waals surface area contributed by atoms with Crippen LogP contribution in [0.25, 0.3) is 0 Å². The van der Waals surface area contributed by atoms with Gasteiger partial charge >= 0.3 is 5.97 Å². The summed E-state index contributed by atoms with van der Waals surface area (Å²) in [6, 6.07) is 6.10. The quantitative estimate of drug-likeness (QED) is 0.811. The van der Waals surface area contributed by atoms with Crippen LogP contribution in [0.1, 0.15) is 16.8 Å². The van der Waals surface area contributed by atoms with Crippen LogP contribution in [0.4, 0.5) is 0 Å². The van der Waals surface area contributed by atoms with Crippen molar-refractivity contribution in [1.82, 2.24) is 4.90 Å². The van der Waals surface area contributed by atoms with E-state index >= 15 is 0 Å². The molecule has 1 aromatic carbocycles. The van der Waals surface area contributed by atoms with Crippen LogP contribution in [0.3, 0.4) is 0 Å². The topological polar surface area (TPSA) is 83.9 Å². The van der Waals surface area contributed by atoms with Crippen LogP contribution in [-0.4, -0.2) is 55.7 Å². The van der Waals surface area contributed by atoms with Gasteiger partial charge in [0.1, 0.15) is 12.5 Å². The number of nitrogens with zero attached hydrogens (tertiary/aromatic N) is 1. The lowest BCUT2D eigenvalue weighted by molar-refractivity contribution is 0.0696. The minimum Gasteiger partial charge on any atom is -0.478 e. The molecule has 1 aromatic rings. The van der Waals surface area contributed by atoms with E-state index in [0.29, 0.717) is 12.2 Å². The molecule has 1 heterocycles. The Labute approximate surface area is 117 Å². The number of hydrogen-bond acceptors (Lipinski definition) is 5. The maximum atomic E-state index is 11.4. The third-order valence-electron chi connectivity index (χ3n) is 3.37. The highest BCUT2D eigenvalue weighted by atomic mass is 32.2. The van der Waals surface area contributed by atoms with Gasteiger partial charge in [-0.3, -0.25) is 4.90 Å². The number of aromatic carboxylic acids is 1. The number of hydrogen-bond donors (Lipinski definition) is 1. The number of carboxylic acids is 1. The Morgan fingerprint density at radius 2 is 2.05 bits per heavy atom. The molecule has 1 atom stereocenters. The molecule has 1 fully saturated rings. The fourth-order valence-electron chi connectivity index (χ4n) is 2.10. The molecule has 0 radical (unpaired) electrons. The minimum absolute atomic E-state index is 0.0155. The number of carboxylic acid groups (broad SMARTS) is 1. The van der Waals surface area contributed by atoms with Crippen molar-refractivity contribution >= 4 is 15.8 Å². The van der Waals surface area contributed by atoms with E-state index < -0.39 is 15.8 Å². The van der Waals surface area contributed by atoms with Crippen LogP contribution < -0.4 is 4.74 Å². The highest BCUT2D eigenvalue weighted by molar-refractivity contribution is 7.91. The molecule has 20 heavy (non-hydrogen) atoms. The predicted molar refractivity (Wildman–Crippen MR) is 73.7 cm³/mol. The molecule has 6 nitrogen and oxygen atoms in total. The molecule has 110 valence electrons. The van der Waals surface area contributed by atoms with E-state index in [1.807, 2.05) is 11.9 Å². The van der Waals surface area contributed by atoms with Crippen LogP contribution in [0, 0.1) is 0 Å². The van der Waals surface area contributed by atoms with Crippen LogP contribution in [-0.2, 0) is 9.84 Å². The summed E-state index contributed by atoms with van der Waals surface area (Å²) in [6.45, 7) is 0.270. The van der Waals surface area contributed by atoms with Gasteiger partial charge in [-0.05, 0) is 37.7 Å². The third-order valence-corrected chi connectivity index (χ3v) is 5.12. The van der Waals surface area contributed by atoms with Crippen molar-refractivity contribution in [2.75, 3.05) is 25.3 Å². The Hall–Kier alpha value is -1.60. The Morgan fingerprint density at radius 3 is 2.55 bits per heavy atom. The largest absolute Gasteiger partial charge is 0.478 e. The van der Waals surface area contributed by atoms with Gasteiger partial charge in [0.2, 0.25) is 0 Å². The van der Waals surface area contributed by atoms with Crippen LogP contribution >= 0.6 is 0 Å². The van der Waals surface area contributed by atoms with Crippen molar-refractivity contribution in [3.05, 3.63) is 29.8 Å². The maximum absolute atomic E-state index is 11.4. The van der Waals surface area contributed by atoms with E-state index in [9.17, 15) is 13.2 Å². The van der Waals surface area contributed by atoms with Gasteiger partial charge in [-0.15, -0.1) is 0 Å². The van der Waals surface area contributed by atoms with E-state index in [2.05, 4.69) is 0 Å². The number of carbonyl (C=O) groups is 1. The summed E-state index contributed by atoms with van der Waals surface area (Å²) in [4.78, 5) is 12.6. The summed E-state index contributed by atoms with van der Waals surface area (Å²) < 4.78 is 28.3. The second-order valence-electron chi connectivity index (χ2n) is 4.92. The normalized spacial score (nSPS) is 21.0. The summed E-state index contributed by atoms with van der Waals surface area (Å²) in [5.41, 5.74) is 0.201. The van der Waals surface area contributed by atoms with Crippen LogP contribution in [0.15, 0.2) is 24.3 Å². The van der Waals surface area contributed by atoms with E-state index in [4.69, 9.17) is 9.84 Å². The molecule has 0 aromatic heterocycles. The Morgan fingerprint density at radius 1 is 1.40 bits per heavy atom. The van der Waals surface area contributed by atoms with Crippen LogP contribution in [0.5, 0.6) is 5.75 Å². The van der Waals surface area contributed by atoms with Gasteiger partial charge in [-0.25, -0.2) is 13.2 Å². The molecular formula is C13H17NO5S. The molecule has 0 spiro atoms. The van der Waals surface area contributed by atoms with Crippen molar-refractivity contribution in [3.63, 3.8) is 0 Å². The summed E-state index contributed by atoms with van der Waals surface area (Å²) in [5.74, 6) is -0.0207. The first-order valence-corrected chi connectivity index (χ1v) is 8.06. The zero-order chi connectivity index (χ0) is 14.8. The summed E-state index contributed by atoms with van der Waals surface area (Å²) in [6.07, 6.45) is 0.625. The second-order valence-corrected chi connectivity index (χ2v) is 7.15. The number of ether oxygens (including phenoxy) is 1. The molecule has 1 aliphatic heterocycles. The van der Waals surface area contributed by atoms with Crippen molar-refractivity contribution < 1.29 is 23.1 Å². The van der Waals surface area contributed by atoms with Gasteiger partial charge in [-0.2, -0.15) is 0 Å². The molecule has 2 rings (SSSR count). The Bertz CT molecular complexity index is 581. The molecule has 0 amide bonds. The molecular weight excluding hydrogens is 282 g/mol. The smallest absolute Gasteiger partial charge is 0.335 e. The maximum Gasteiger partial charge on any atom is 0.335 e. The zero-order valence-electron chi connectivity index (χ0n) is 11.2. The SMILES string of the molecule is CN(COc1ccc(C(=O)O)cc1)C1CCS(=O)(=O)C1. The molecule has 0 bridgehead atoms. The molecule has 7 heteroatoms. The van der Waals surface area contributed by atoms with Gasteiger partial charge < -0.3 is 9.84 Å². The van der Waals surface area contributed by atoms with E-state index in [-0.39, 0.29) is 29.8 Å². The highest BCUT2D eigenvalue weighted by Gasteiger charge is 2.30. The standard InChI is InChI=1S/C13H17NO5S/c1-14(11-6-7-20(17,18)8-11)9-19-12-4-2-10(3-5-12)13(15)16/h2-5,11H,6-9H2,1H3,(H,15,16). The van der Waals surface area contributed by atoms with Crippen molar-refractivity contribution in [2.24, 2.45) is 0 Å². The van der Waals surface area contributed by atoms with Gasteiger partial charge in [0.05, 0.1) is 17.1 Å². The van der Waals surface area contributed by atoms with Crippen molar-refractivity contribution in [1.29, 1.82) is 0 Å². The number of rotatable bonds is 5. The monoisotopic (exact) mass is 299 g/mol. The molecule has 1 N–H and O–H groups in total. The first-order valence-electron chi connectivity index (χ1n) is 6.24. The molecule has 1 saturated heterocycles. The van der Waals surface area contributed by atoms with E-state index in [0.717, 1.165) is 0 Å². The van der Waals surface area contributed by atoms with Gasteiger partial charge in [-0.1, -0.05) is 0 Å². The fraction of sp³-hybridized carbons (Fsp3) is 0.462. The lowest BCUT2D eigenvalue weighted by atomic mass is 10.2. The average Bonchev–Trinajstić information content (AvgIpc) is 2.77. The van der Waals surface area contributed by atoms with Crippen molar-refractivity contribution in [3.8, 4) is 5.75 Å². The average molecular weight is 299 g/mol. The molecule has 0 saturated carbocycles. The summed E-state index contributed by atoms with van der Waals surface area (Å²) >= 11 is 0.